The number of hydrogen-bond acceptors (Lipinski definition) is 5. The third-order valence-electron chi connectivity index (χ3n) is 2.73. The van der Waals surface area contributed by atoms with Crippen molar-refractivity contribution in [1.82, 2.24) is 15.1 Å². The zero-order chi connectivity index (χ0) is 13.7. The van der Waals surface area contributed by atoms with Crippen LogP contribution in [0.4, 0.5) is 0 Å². The third-order valence-corrected chi connectivity index (χ3v) is 2.73. The highest BCUT2D eigenvalue weighted by atomic mass is 16.5. The SMILES string of the molecule is CCOC(=O)c1cnn(C)c1CNCc1ccco1. The van der Waals surface area contributed by atoms with Gasteiger partial charge >= 0.3 is 5.97 Å². The van der Waals surface area contributed by atoms with Gasteiger partial charge in [-0.1, -0.05) is 0 Å². The predicted octanol–water partition coefficient (Wildman–Crippen LogP) is 1.48. The Morgan fingerprint density at radius 2 is 2.37 bits per heavy atom. The minimum Gasteiger partial charge on any atom is -0.468 e. The van der Waals surface area contributed by atoms with Crippen molar-refractivity contribution in [3.05, 3.63) is 41.6 Å². The van der Waals surface area contributed by atoms with Gasteiger partial charge in [-0.2, -0.15) is 5.10 Å². The summed E-state index contributed by atoms with van der Waals surface area (Å²) in [6, 6.07) is 3.73. The summed E-state index contributed by atoms with van der Waals surface area (Å²) in [7, 11) is 1.80. The van der Waals surface area contributed by atoms with E-state index in [-0.39, 0.29) is 5.97 Å². The van der Waals surface area contributed by atoms with Gasteiger partial charge in [0, 0.05) is 13.6 Å². The predicted molar refractivity (Wildman–Crippen MR) is 68.4 cm³/mol. The van der Waals surface area contributed by atoms with E-state index in [4.69, 9.17) is 9.15 Å². The summed E-state index contributed by atoms with van der Waals surface area (Å²) < 4.78 is 11.9. The average Bonchev–Trinajstić information content (AvgIpc) is 3.01. The first kappa shape index (κ1) is 13.4. The van der Waals surface area contributed by atoms with Gasteiger partial charge in [-0.25, -0.2) is 4.79 Å². The molecule has 0 aliphatic rings. The molecule has 1 N–H and O–H groups in total. The average molecular weight is 263 g/mol. The number of carbonyl (C=O) groups is 1. The van der Waals surface area contributed by atoms with Crippen molar-refractivity contribution in [3.8, 4) is 0 Å². The largest absolute Gasteiger partial charge is 0.468 e. The monoisotopic (exact) mass is 263 g/mol. The second-order valence-electron chi connectivity index (χ2n) is 4.03. The van der Waals surface area contributed by atoms with Crippen molar-refractivity contribution in [2.75, 3.05) is 6.61 Å². The molecule has 0 bridgehead atoms. The van der Waals surface area contributed by atoms with Crippen molar-refractivity contribution >= 4 is 5.97 Å². The Labute approximate surface area is 111 Å². The van der Waals surface area contributed by atoms with E-state index in [9.17, 15) is 4.79 Å². The van der Waals surface area contributed by atoms with Crippen LogP contribution >= 0.6 is 0 Å². The fraction of sp³-hybridized carbons (Fsp3) is 0.385. The van der Waals surface area contributed by atoms with E-state index in [1.54, 1.807) is 24.9 Å². The standard InChI is InChI=1S/C13H17N3O3/c1-3-18-13(17)11-8-15-16(2)12(11)9-14-7-10-5-4-6-19-10/h4-6,8,14H,3,7,9H2,1-2H3. The van der Waals surface area contributed by atoms with E-state index < -0.39 is 0 Å². The third kappa shape index (κ3) is 3.23. The van der Waals surface area contributed by atoms with Crippen LogP contribution in [0.25, 0.3) is 0 Å². The molecule has 102 valence electrons. The van der Waals surface area contributed by atoms with Gasteiger partial charge in [-0.3, -0.25) is 4.68 Å². The number of hydrogen-bond donors (Lipinski definition) is 1. The number of esters is 1. The highest BCUT2D eigenvalue weighted by Gasteiger charge is 2.16. The molecule has 0 atom stereocenters. The number of rotatable bonds is 6. The molecule has 0 fully saturated rings. The van der Waals surface area contributed by atoms with Crippen LogP contribution in [-0.4, -0.2) is 22.4 Å². The molecule has 0 radical (unpaired) electrons. The fourth-order valence-electron chi connectivity index (χ4n) is 1.77. The number of carbonyl (C=O) groups excluding carboxylic acids is 1. The molecule has 2 aromatic heterocycles. The van der Waals surface area contributed by atoms with E-state index in [1.807, 2.05) is 12.1 Å². The van der Waals surface area contributed by atoms with Gasteiger partial charge < -0.3 is 14.5 Å². The van der Waals surface area contributed by atoms with Crippen LogP contribution in [0, 0.1) is 0 Å². The van der Waals surface area contributed by atoms with Crippen LogP contribution in [0.3, 0.4) is 0 Å². The van der Waals surface area contributed by atoms with Crippen molar-refractivity contribution < 1.29 is 13.9 Å². The van der Waals surface area contributed by atoms with E-state index in [2.05, 4.69) is 10.4 Å². The summed E-state index contributed by atoms with van der Waals surface area (Å²) in [5, 5.41) is 7.29. The van der Waals surface area contributed by atoms with Crippen molar-refractivity contribution in [1.29, 1.82) is 0 Å². The van der Waals surface area contributed by atoms with Crippen LogP contribution in [0.15, 0.2) is 29.0 Å². The molecule has 0 spiro atoms. The Morgan fingerprint density at radius 3 is 3.05 bits per heavy atom. The smallest absolute Gasteiger partial charge is 0.341 e. The maximum Gasteiger partial charge on any atom is 0.341 e. The Kier molecular flexibility index (Phi) is 4.35. The summed E-state index contributed by atoms with van der Waals surface area (Å²) in [6.07, 6.45) is 3.16. The first-order valence-corrected chi connectivity index (χ1v) is 6.13. The number of nitrogens with zero attached hydrogens (tertiary/aromatic N) is 2. The molecular formula is C13H17N3O3. The first-order valence-electron chi connectivity index (χ1n) is 6.13. The Bertz CT molecular complexity index is 531. The van der Waals surface area contributed by atoms with Gasteiger partial charge in [-0.05, 0) is 19.1 Å². The van der Waals surface area contributed by atoms with Crippen LogP contribution in [-0.2, 0) is 24.9 Å². The van der Waals surface area contributed by atoms with Crippen molar-refractivity contribution in [2.24, 2.45) is 7.05 Å². The zero-order valence-corrected chi connectivity index (χ0v) is 11.0. The van der Waals surface area contributed by atoms with E-state index in [0.29, 0.717) is 25.3 Å². The maximum atomic E-state index is 11.7. The summed E-state index contributed by atoms with van der Waals surface area (Å²) >= 11 is 0. The summed E-state index contributed by atoms with van der Waals surface area (Å²) in [5.74, 6) is 0.505. The van der Waals surface area contributed by atoms with E-state index in [1.165, 1.54) is 6.20 Å². The fourth-order valence-corrected chi connectivity index (χ4v) is 1.77. The molecule has 0 saturated carbocycles. The van der Waals surface area contributed by atoms with Gasteiger partial charge in [0.05, 0.1) is 31.3 Å². The summed E-state index contributed by atoms with van der Waals surface area (Å²) in [5.41, 5.74) is 1.29. The molecule has 2 rings (SSSR count). The molecule has 0 aliphatic carbocycles. The van der Waals surface area contributed by atoms with Gasteiger partial charge in [0.15, 0.2) is 0 Å². The molecular weight excluding hydrogens is 246 g/mol. The quantitative estimate of drug-likeness (QED) is 0.799. The first-order chi connectivity index (χ1) is 9.22. The molecule has 2 aromatic rings. The molecule has 2 heterocycles. The molecule has 6 nitrogen and oxygen atoms in total. The van der Waals surface area contributed by atoms with Gasteiger partial charge in [0.2, 0.25) is 0 Å². The van der Waals surface area contributed by atoms with Crippen LogP contribution < -0.4 is 5.32 Å². The lowest BCUT2D eigenvalue weighted by Crippen LogP contribution is -2.18. The second kappa shape index (κ2) is 6.19. The minimum absolute atomic E-state index is 0.342. The normalized spacial score (nSPS) is 10.6. The van der Waals surface area contributed by atoms with E-state index in [0.717, 1.165) is 11.5 Å². The lowest BCUT2D eigenvalue weighted by molar-refractivity contribution is 0.0524. The van der Waals surface area contributed by atoms with Gasteiger partial charge in [0.1, 0.15) is 11.3 Å². The van der Waals surface area contributed by atoms with Gasteiger partial charge in [-0.15, -0.1) is 0 Å². The van der Waals surface area contributed by atoms with Crippen LogP contribution in [0.5, 0.6) is 0 Å². The Hall–Kier alpha value is -2.08. The molecule has 19 heavy (non-hydrogen) atoms. The zero-order valence-electron chi connectivity index (χ0n) is 11.0. The number of aryl methyl sites for hydroxylation is 1. The number of aromatic nitrogens is 2. The number of ether oxygens (including phenoxy) is 1. The minimum atomic E-state index is -0.342. The molecule has 0 aromatic carbocycles. The Balaban J connectivity index is 1.99. The molecule has 6 heteroatoms. The number of nitrogens with one attached hydrogen (secondary N) is 1. The highest BCUT2D eigenvalue weighted by molar-refractivity contribution is 5.90. The van der Waals surface area contributed by atoms with Crippen molar-refractivity contribution in [2.45, 2.75) is 20.0 Å². The highest BCUT2D eigenvalue weighted by Crippen LogP contribution is 2.09. The van der Waals surface area contributed by atoms with Crippen LogP contribution in [0.1, 0.15) is 28.7 Å². The van der Waals surface area contributed by atoms with E-state index >= 15 is 0 Å². The summed E-state index contributed by atoms with van der Waals surface area (Å²) in [6.45, 7) is 3.25. The Morgan fingerprint density at radius 1 is 1.53 bits per heavy atom. The topological polar surface area (TPSA) is 69.3 Å². The maximum absolute atomic E-state index is 11.7. The van der Waals surface area contributed by atoms with Crippen LogP contribution in [0.2, 0.25) is 0 Å². The molecule has 0 amide bonds. The lowest BCUT2D eigenvalue weighted by atomic mass is 10.2. The molecule has 0 saturated heterocycles. The number of furan rings is 1. The molecule has 0 aliphatic heterocycles. The van der Waals surface area contributed by atoms with Crippen molar-refractivity contribution in [3.63, 3.8) is 0 Å². The second-order valence-corrected chi connectivity index (χ2v) is 4.03. The molecule has 0 unspecified atom stereocenters. The lowest BCUT2D eigenvalue weighted by Gasteiger charge is -2.06. The van der Waals surface area contributed by atoms with Gasteiger partial charge in [0.25, 0.3) is 0 Å². The summed E-state index contributed by atoms with van der Waals surface area (Å²) in [4.78, 5) is 11.7.